The van der Waals surface area contributed by atoms with Crippen molar-refractivity contribution in [2.45, 2.75) is 6.54 Å². The maximum absolute atomic E-state index is 12.0. The van der Waals surface area contributed by atoms with Gasteiger partial charge in [0.25, 0.3) is 5.91 Å². The second-order valence-electron chi connectivity index (χ2n) is 4.04. The molecule has 0 aliphatic rings. The van der Waals surface area contributed by atoms with Crippen molar-refractivity contribution in [2.75, 3.05) is 12.4 Å². The standard InChI is InChI=1S/C13H13N3O4/c1-14-8-9-4-2-3-5-10(9)15-13(17)11-6-7-12(20-11)16(18)19/h2-7,14H,8H2,1H3,(H,15,17). The summed E-state index contributed by atoms with van der Waals surface area (Å²) in [4.78, 5) is 21.8. The van der Waals surface area contributed by atoms with Crippen molar-refractivity contribution in [1.82, 2.24) is 5.32 Å². The molecule has 0 spiro atoms. The SMILES string of the molecule is CNCc1ccccc1NC(=O)c1ccc([N+](=O)[O-])o1. The van der Waals surface area contributed by atoms with E-state index in [1.165, 1.54) is 6.07 Å². The van der Waals surface area contributed by atoms with Crippen molar-refractivity contribution in [2.24, 2.45) is 0 Å². The van der Waals surface area contributed by atoms with Crippen LogP contribution in [-0.4, -0.2) is 17.9 Å². The van der Waals surface area contributed by atoms with Gasteiger partial charge in [-0.25, -0.2) is 0 Å². The third-order valence-electron chi connectivity index (χ3n) is 2.63. The van der Waals surface area contributed by atoms with Crippen molar-refractivity contribution in [1.29, 1.82) is 0 Å². The van der Waals surface area contributed by atoms with Crippen LogP contribution in [0, 0.1) is 10.1 Å². The summed E-state index contributed by atoms with van der Waals surface area (Å²) in [5.41, 5.74) is 1.54. The normalized spacial score (nSPS) is 10.2. The number of benzene rings is 1. The van der Waals surface area contributed by atoms with Gasteiger partial charge in [0, 0.05) is 12.2 Å². The number of rotatable bonds is 5. The summed E-state index contributed by atoms with van der Waals surface area (Å²) in [5, 5.41) is 16.2. The molecule has 1 aromatic carbocycles. The molecule has 20 heavy (non-hydrogen) atoms. The summed E-state index contributed by atoms with van der Waals surface area (Å²) in [6.45, 7) is 0.592. The molecule has 0 fully saturated rings. The monoisotopic (exact) mass is 275 g/mol. The van der Waals surface area contributed by atoms with E-state index in [9.17, 15) is 14.9 Å². The molecule has 2 aromatic rings. The summed E-state index contributed by atoms with van der Waals surface area (Å²) in [5.74, 6) is -1.09. The minimum absolute atomic E-state index is 0.101. The number of nitrogens with zero attached hydrogens (tertiary/aromatic N) is 1. The number of furan rings is 1. The molecule has 1 amide bonds. The summed E-state index contributed by atoms with van der Waals surface area (Å²) in [7, 11) is 1.80. The Bertz CT molecular complexity index is 636. The predicted octanol–water partition coefficient (Wildman–Crippen LogP) is 2.16. The maximum Gasteiger partial charge on any atom is 0.433 e. The molecule has 1 aromatic heterocycles. The third-order valence-corrected chi connectivity index (χ3v) is 2.63. The Labute approximate surface area is 114 Å². The molecule has 2 rings (SSSR count). The van der Waals surface area contributed by atoms with Crippen LogP contribution in [0.15, 0.2) is 40.8 Å². The van der Waals surface area contributed by atoms with Crippen molar-refractivity contribution < 1.29 is 14.1 Å². The van der Waals surface area contributed by atoms with Crippen molar-refractivity contribution >= 4 is 17.5 Å². The van der Waals surface area contributed by atoms with Crippen LogP contribution in [0.2, 0.25) is 0 Å². The van der Waals surface area contributed by atoms with Gasteiger partial charge in [0.05, 0.1) is 6.07 Å². The van der Waals surface area contributed by atoms with Crippen molar-refractivity contribution in [3.05, 3.63) is 57.8 Å². The van der Waals surface area contributed by atoms with Gasteiger partial charge in [-0.1, -0.05) is 18.2 Å². The number of hydrogen-bond donors (Lipinski definition) is 2. The molecular formula is C13H13N3O4. The number of anilines is 1. The van der Waals surface area contributed by atoms with Crippen LogP contribution in [0.1, 0.15) is 16.1 Å². The van der Waals surface area contributed by atoms with Crippen LogP contribution >= 0.6 is 0 Å². The fourth-order valence-electron chi connectivity index (χ4n) is 1.72. The minimum Gasteiger partial charge on any atom is -0.395 e. The molecule has 0 aliphatic carbocycles. The van der Waals surface area contributed by atoms with E-state index in [4.69, 9.17) is 4.42 Å². The van der Waals surface area contributed by atoms with Crippen molar-refractivity contribution in [3.8, 4) is 0 Å². The van der Waals surface area contributed by atoms with Crippen LogP contribution in [0.5, 0.6) is 0 Å². The van der Waals surface area contributed by atoms with Gasteiger partial charge in [-0.05, 0) is 24.7 Å². The summed E-state index contributed by atoms with van der Waals surface area (Å²) in [6.07, 6.45) is 0. The minimum atomic E-state index is -0.689. The first kappa shape index (κ1) is 13.8. The van der Waals surface area contributed by atoms with E-state index in [2.05, 4.69) is 10.6 Å². The van der Waals surface area contributed by atoms with Crippen LogP contribution in [0.4, 0.5) is 11.6 Å². The van der Waals surface area contributed by atoms with Gasteiger partial charge in [-0.2, -0.15) is 0 Å². The average Bonchev–Trinajstić information content (AvgIpc) is 2.91. The van der Waals surface area contributed by atoms with E-state index in [0.29, 0.717) is 12.2 Å². The molecule has 0 atom stereocenters. The number of amides is 1. The quantitative estimate of drug-likeness (QED) is 0.643. The van der Waals surface area contributed by atoms with Gasteiger partial charge in [0.1, 0.15) is 4.92 Å². The second kappa shape index (κ2) is 5.98. The van der Waals surface area contributed by atoms with Crippen LogP contribution in [0.25, 0.3) is 0 Å². The van der Waals surface area contributed by atoms with Gasteiger partial charge >= 0.3 is 5.88 Å². The van der Waals surface area contributed by atoms with Gasteiger partial charge < -0.3 is 15.1 Å². The zero-order valence-electron chi connectivity index (χ0n) is 10.8. The Hall–Kier alpha value is -2.67. The Kier molecular flexibility index (Phi) is 4.11. The number of carbonyl (C=O) groups excluding carboxylic acids is 1. The molecule has 0 saturated carbocycles. The Balaban J connectivity index is 2.16. The second-order valence-corrected chi connectivity index (χ2v) is 4.04. The van der Waals surface area contributed by atoms with E-state index < -0.39 is 16.7 Å². The molecule has 0 unspecified atom stereocenters. The lowest BCUT2D eigenvalue weighted by Gasteiger charge is -2.09. The zero-order chi connectivity index (χ0) is 14.5. The van der Waals surface area contributed by atoms with Crippen LogP contribution in [0.3, 0.4) is 0 Å². The van der Waals surface area contributed by atoms with Crippen molar-refractivity contribution in [3.63, 3.8) is 0 Å². The first-order chi connectivity index (χ1) is 9.61. The molecular weight excluding hydrogens is 262 g/mol. The fourth-order valence-corrected chi connectivity index (χ4v) is 1.72. The molecule has 7 heteroatoms. The van der Waals surface area contributed by atoms with E-state index >= 15 is 0 Å². The Morgan fingerprint density at radius 2 is 2.05 bits per heavy atom. The number of nitro groups is 1. The summed E-state index contributed by atoms with van der Waals surface area (Å²) in [6, 6.07) is 9.70. The first-order valence-electron chi connectivity index (χ1n) is 5.90. The van der Waals surface area contributed by atoms with Gasteiger partial charge in [-0.15, -0.1) is 0 Å². The largest absolute Gasteiger partial charge is 0.433 e. The smallest absolute Gasteiger partial charge is 0.395 e. The highest BCUT2D eigenvalue weighted by Gasteiger charge is 2.17. The summed E-state index contributed by atoms with van der Waals surface area (Å²) < 4.78 is 4.85. The van der Waals surface area contributed by atoms with Gasteiger partial charge in [0.2, 0.25) is 0 Å². The number of nitrogens with one attached hydrogen (secondary N) is 2. The predicted molar refractivity (Wildman–Crippen MR) is 72.5 cm³/mol. The first-order valence-corrected chi connectivity index (χ1v) is 5.90. The topological polar surface area (TPSA) is 97.4 Å². The fraction of sp³-hybridized carbons (Fsp3) is 0.154. The average molecular weight is 275 g/mol. The molecule has 0 saturated heterocycles. The molecule has 0 bridgehead atoms. The third kappa shape index (κ3) is 3.01. The highest BCUT2D eigenvalue weighted by Crippen LogP contribution is 2.19. The maximum atomic E-state index is 12.0. The lowest BCUT2D eigenvalue weighted by Crippen LogP contribution is -2.14. The molecule has 104 valence electrons. The van der Waals surface area contributed by atoms with E-state index in [1.54, 1.807) is 19.2 Å². The lowest BCUT2D eigenvalue weighted by molar-refractivity contribution is -0.402. The van der Waals surface area contributed by atoms with Gasteiger partial charge in [-0.3, -0.25) is 14.9 Å². The molecule has 7 nitrogen and oxygen atoms in total. The molecule has 2 N–H and O–H groups in total. The van der Waals surface area contributed by atoms with Crippen LogP contribution in [-0.2, 0) is 6.54 Å². The zero-order valence-corrected chi connectivity index (χ0v) is 10.8. The lowest BCUT2D eigenvalue weighted by atomic mass is 10.1. The van der Waals surface area contributed by atoms with E-state index in [1.807, 2.05) is 12.1 Å². The highest BCUT2D eigenvalue weighted by atomic mass is 16.6. The van der Waals surface area contributed by atoms with E-state index in [0.717, 1.165) is 11.6 Å². The number of carbonyl (C=O) groups is 1. The van der Waals surface area contributed by atoms with E-state index in [-0.39, 0.29) is 5.76 Å². The summed E-state index contributed by atoms with van der Waals surface area (Å²) >= 11 is 0. The number of hydrogen-bond acceptors (Lipinski definition) is 5. The number of para-hydroxylation sites is 1. The molecule has 0 radical (unpaired) electrons. The molecule has 0 aliphatic heterocycles. The molecule has 1 heterocycles. The highest BCUT2D eigenvalue weighted by molar-refractivity contribution is 6.02. The Morgan fingerprint density at radius 3 is 2.70 bits per heavy atom. The Morgan fingerprint density at radius 1 is 1.30 bits per heavy atom. The van der Waals surface area contributed by atoms with Crippen LogP contribution < -0.4 is 10.6 Å². The van der Waals surface area contributed by atoms with Gasteiger partial charge in [0.15, 0.2) is 5.76 Å².